The van der Waals surface area contributed by atoms with Crippen LogP contribution in [0.15, 0.2) is 14.7 Å². The van der Waals surface area contributed by atoms with Gasteiger partial charge in [-0.05, 0) is 60.1 Å². The molecule has 1 aromatic rings. The van der Waals surface area contributed by atoms with Crippen molar-refractivity contribution in [1.82, 2.24) is 10.0 Å². The highest BCUT2D eigenvalue weighted by atomic mass is 79.9. The van der Waals surface area contributed by atoms with Gasteiger partial charge in [0.15, 0.2) is 0 Å². The third-order valence-electron chi connectivity index (χ3n) is 4.09. The van der Waals surface area contributed by atoms with Crippen LogP contribution in [0.1, 0.15) is 38.0 Å². The Morgan fingerprint density at radius 3 is 2.71 bits per heavy atom. The average molecular weight is 395 g/mol. The second-order valence-corrected chi connectivity index (χ2v) is 10.1. The Kier molecular flexibility index (Phi) is 5.87. The van der Waals surface area contributed by atoms with E-state index >= 15 is 0 Å². The first-order chi connectivity index (χ1) is 9.83. The van der Waals surface area contributed by atoms with E-state index in [1.807, 2.05) is 7.05 Å². The molecule has 0 bridgehead atoms. The number of sulfonamides is 1. The van der Waals surface area contributed by atoms with E-state index in [0.29, 0.717) is 27.1 Å². The van der Waals surface area contributed by atoms with Gasteiger partial charge in [-0.3, -0.25) is 0 Å². The predicted molar refractivity (Wildman–Crippen MR) is 91.1 cm³/mol. The summed E-state index contributed by atoms with van der Waals surface area (Å²) in [7, 11) is -1.60. The zero-order chi connectivity index (χ0) is 15.6. The zero-order valence-electron chi connectivity index (χ0n) is 12.6. The number of rotatable bonds is 5. The molecule has 2 rings (SSSR count). The third kappa shape index (κ3) is 4.28. The van der Waals surface area contributed by atoms with Crippen LogP contribution in [-0.4, -0.2) is 21.5 Å². The molecule has 2 N–H and O–H groups in total. The molecule has 1 saturated carbocycles. The van der Waals surface area contributed by atoms with Crippen molar-refractivity contribution >= 4 is 37.3 Å². The second kappa shape index (κ2) is 7.08. The standard InChI is InChI=1S/C14H23BrN2O2S2/c1-9-4-5-12(10(2)6-9)17-21(18,19)13-7-11(8-16-3)20-14(13)15/h7,9-10,12,16-17H,4-6,8H2,1-3H3. The lowest BCUT2D eigenvalue weighted by molar-refractivity contribution is 0.249. The number of nitrogens with one attached hydrogen (secondary N) is 2. The summed E-state index contributed by atoms with van der Waals surface area (Å²) < 4.78 is 28.8. The van der Waals surface area contributed by atoms with E-state index in [0.717, 1.165) is 24.1 Å². The predicted octanol–water partition coefficient (Wildman–Crippen LogP) is 3.33. The quantitative estimate of drug-likeness (QED) is 0.804. The van der Waals surface area contributed by atoms with Crippen molar-refractivity contribution in [2.75, 3.05) is 7.05 Å². The fourth-order valence-electron chi connectivity index (χ4n) is 2.95. The van der Waals surface area contributed by atoms with Gasteiger partial charge in [0, 0.05) is 17.5 Å². The minimum absolute atomic E-state index is 0.0470. The fourth-order valence-corrected chi connectivity index (χ4v) is 7.02. The lowest BCUT2D eigenvalue weighted by Crippen LogP contribution is -2.42. The van der Waals surface area contributed by atoms with Gasteiger partial charge in [-0.1, -0.05) is 13.8 Å². The number of halogens is 1. The molecule has 0 radical (unpaired) electrons. The molecule has 0 aromatic carbocycles. The van der Waals surface area contributed by atoms with Crippen LogP contribution in [0, 0.1) is 11.8 Å². The van der Waals surface area contributed by atoms with Gasteiger partial charge in [-0.2, -0.15) is 0 Å². The van der Waals surface area contributed by atoms with E-state index in [1.54, 1.807) is 6.07 Å². The molecular formula is C14H23BrN2O2S2. The summed E-state index contributed by atoms with van der Waals surface area (Å²) in [4.78, 5) is 1.37. The van der Waals surface area contributed by atoms with Gasteiger partial charge >= 0.3 is 0 Å². The van der Waals surface area contributed by atoms with Crippen LogP contribution < -0.4 is 10.0 Å². The first-order valence-corrected chi connectivity index (χ1v) is 10.4. The molecule has 3 unspecified atom stereocenters. The van der Waals surface area contributed by atoms with Gasteiger partial charge < -0.3 is 5.32 Å². The van der Waals surface area contributed by atoms with Crippen molar-refractivity contribution in [1.29, 1.82) is 0 Å². The molecular weight excluding hydrogens is 372 g/mol. The molecule has 1 aliphatic rings. The Balaban J connectivity index is 2.15. The molecule has 0 spiro atoms. The van der Waals surface area contributed by atoms with Crippen molar-refractivity contribution in [2.45, 2.75) is 50.6 Å². The van der Waals surface area contributed by atoms with Crippen molar-refractivity contribution in [3.8, 4) is 0 Å². The molecule has 4 nitrogen and oxygen atoms in total. The average Bonchev–Trinajstić information content (AvgIpc) is 2.75. The van der Waals surface area contributed by atoms with Gasteiger partial charge in [0.2, 0.25) is 10.0 Å². The topological polar surface area (TPSA) is 58.2 Å². The highest BCUT2D eigenvalue weighted by molar-refractivity contribution is 9.11. The van der Waals surface area contributed by atoms with E-state index < -0.39 is 10.0 Å². The highest BCUT2D eigenvalue weighted by Crippen LogP contribution is 2.34. The lowest BCUT2D eigenvalue weighted by atomic mass is 9.80. The maximum Gasteiger partial charge on any atom is 0.242 e. The van der Waals surface area contributed by atoms with Gasteiger partial charge in [0.05, 0.1) is 3.79 Å². The number of hydrogen-bond donors (Lipinski definition) is 2. The summed E-state index contributed by atoms with van der Waals surface area (Å²) in [6, 6.07) is 1.80. The summed E-state index contributed by atoms with van der Waals surface area (Å²) in [5.41, 5.74) is 0. The molecule has 21 heavy (non-hydrogen) atoms. The highest BCUT2D eigenvalue weighted by Gasteiger charge is 2.30. The summed E-state index contributed by atoms with van der Waals surface area (Å²) in [6.07, 6.45) is 3.10. The van der Waals surface area contributed by atoms with E-state index in [9.17, 15) is 8.42 Å². The number of thiophene rings is 1. The minimum atomic E-state index is -3.45. The van der Waals surface area contributed by atoms with E-state index in [-0.39, 0.29) is 6.04 Å². The van der Waals surface area contributed by atoms with Gasteiger partial charge in [-0.15, -0.1) is 11.3 Å². The zero-order valence-corrected chi connectivity index (χ0v) is 15.9. The van der Waals surface area contributed by atoms with Crippen LogP contribution in [0.25, 0.3) is 0 Å². The Bertz CT molecular complexity index is 586. The molecule has 0 aliphatic heterocycles. The molecule has 3 atom stereocenters. The van der Waals surface area contributed by atoms with Crippen LogP contribution in [0.2, 0.25) is 0 Å². The maximum atomic E-state index is 12.6. The largest absolute Gasteiger partial charge is 0.315 e. The SMILES string of the molecule is CNCc1cc(S(=O)(=O)NC2CCC(C)CC2C)c(Br)s1. The van der Waals surface area contributed by atoms with Crippen LogP contribution in [0.4, 0.5) is 0 Å². The van der Waals surface area contributed by atoms with Crippen molar-refractivity contribution in [3.63, 3.8) is 0 Å². The normalized spacial score (nSPS) is 27.0. The first-order valence-electron chi connectivity index (χ1n) is 7.28. The molecule has 1 aliphatic carbocycles. The Labute approximate surface area is 139 Å². The Morgan fingerprint density at radius 2 is 2.10 bits per heavy atom. The van der Waals surface area contributed by atoms with E-state index in [4.69, 9.17) is 0 Å². The van der Waals surface area contributed by atoms with Gasteiger partial charge in [-0.25, -0.2) is 13.1 Å². The first kappa shape index (κ1) is 17.4. The minimum Gasteiger partial charge on any atom is -0.315 e. The summed E-state index contributed by atoms with van der Waals surface area (Å²) in [5.74, 6) is 1.08. The Hall–Kier alpha value is 0.0500. The van der Waals surface area contributed by atoms with Crippen LogP contribution in [0.3, 0.4) is 0 Å². The second-order valence-electron chi connectivity index (χ2n) is 6.00. The lowest BCUT2D eigenvalue weighted by Gasteiger charge is -2.32. The molecule has 0 amide bonds. The van der Waals surface area contributed by atoms with Crippen molar-refractivity contribution in [2.24, 2.45) is 11.8 Å². The van der Waals surface area contributed by atoms with E-state index in [1.165, 1.54) is 11.3 Å². The van der Waals surface area contributed by atoms with E-state index in [2.05, 4.69) is 39.8 Å². The molecule has 0 saturated heterocycles. The molecule has 120 valence electrons. The fraction of sp³-hybridized carbons (Fsp3) is 0.714. The Morgan fingerprint density at radius 1 is 1.38 bits per heavy atom. The third-order valence-corrected chi connectivity index (χ3v) is 7.83. The van der Waals surface area contributed by atoms with Crippen LogP contribution in [-0.2, 0) is 16.6 Å². The summed E-state index contributed by atoms with van der Waals surface area (Å²) in [5, 5.41) is 3.04. The summed E-state index contributed by atoms with van der Waals surface area (Å²) >= 11 is 4.85. The molecule has 1 heterocycles. The van der Waals surface area contributed by atoms with Crippen molar-refractivity contribution < 1.29 is 8.42 Å². The molecule has 7 heteroatoms. The maximum absolute atomic E-state index is 12.6. The smallest absolute Gasteiger partial charge is 0.242 e. The van der Waals surface area contributed by atoms with Crippen LogP contribution in [0.5, 0.6) is 0 Å². The van der Waals surface area contributed by atoms with Gasteiger partial charge in [0.25, 0.3) is 0 Å². The molecule has 1 fully saturated rings. The van der Waals surface area contributed by atoms with Crippen LogP contribution >= 0.6 is 27.3 Å². The van der Waals surface area contributed by atoms with Crippen molar-refractivity contribution in [3.05, 3.63) is 14.7 Å². The monoisotopic (exact) mass is 394 g/mol. The molecule has 1 aromatic heterocycles. The van der Waals surface area contributed by atoms with Gasteiger partial charge in [0.1, 0.15) is 4.90 Å². The summed E-state index contributed by atoms with van der Waals surface area (Å²) in [6.45, 7) is 5.05. The number of hydrogen-bond acceptors (Lipinski definition) is 4.